The van der Waals surface area contributed by atoms with Gasteiger partial charge < -0.3 is 15.7 Å². The number of nitrogens with one attached hydrogen (secondary N) is 2. The van der Waals surface area contributed by atoms with Crippen molar-refractivity contribution in [3.05, 3.63) is 28.0 Å². The van der Waals surface area contributed by atoms with Crippen LogP contribution < -0.4 is 10.6 Å². The molecule has 1 amide bonds. The molecule has 1 saturated heterocycles. The van der Waals surface area contributed by atoms with Crippen LogP contribution in [0.25, 0.3) is 0 Å². The average Bonchev–Trinajstić information content (AvgIpc) is 2.93. The number of hydrogen-bond acceptors (Lipinski definition) is 3. The number of aromatic carboxylic acids is 1. The van der Waals surface area contributed by atoms with Gasteiger partial charge in [0.15, 0.2) is 5.82 Å². The van der Waals surface area contributed by atoms with Gasteiger partial charge in [-0.1, -0.05) is 11.6 Å². The summed E-state index contributed by atoms with van der Waals surface area (Å²) in [5.74, 6) is -2.36. The lowest BCUT2D eigenvalue weighted by Crippen LogP contribution is -2.35. The number of carbonyl (C=O) groups excluding carboxylic acids is 1. The SMILES string of the molecule is Cc1c(F)c(NC(=O)C2CCCN2)cc(C(=O)O)c1Cl. The molecule has 0 aliphatic carbocycles. The number of rotatable bonds is 3. The first kappa shape index (κ1) is 14.7. The molecule has 1 atom stereocenters. The van der Waals surface area contributed by atoms with E-state index in [-0.39, 0.29) is 33.8 Å². The van der Waals surface area contributed by atoms with E-state index < -0.39 is 11.8 Å². The second kappa shape index (κ2) is 5.76. The highest BCUT2D eigenvalue weighted by molar-refractivity contribution is 6.34. The van der Waals surface area contributed by atoms with E-state index in [2.05, 4.69) is 10.6 Å². The van der Waals surface area contributed by atoms with E-state index in [9.17, 15) is 14.0 Å². The van der Waals surface area contributed by atoms with Crippen molar-refractivity contribution in [2.24, 2.45) is 0 Å². The molecule has 0 aromatic heterocycles. The molecule has 7 heteroatoms. The van der Waals surface area contributed by atoms with Crippen LogP contribution >= 0.6 is 11.6 Å². The van der Waals surface area contributed by atoms with E-state index in [0.717, 1.165) is 19.0 Å². The summed E-state index contributed by atoms with van der Waals surface area (Å²) in [6.07, 6.45) is 1.55. The number of amides is 1. The fourth-order valence-electron chi connectivity index (χ4n) is 2.15. The van der Waals surface area contributed by atoms with Gasteiger partial charge in [-0.3, -0.25) is 4.79 Å². The molecule has 1 unspecified atom stereocenters. The molecule has 5 nitrogen and oxygen atoms in total. The first-order valence-electron chi connectivity index (χ1n) is 6.18. The molecule has 0 radical (unpaired) electrons. The summed E-state index contributed by atoms with van der Waals surface area (Å²) < 4.78 is 14.0. The normalized spacial score (nSPS) is 18.1. The highest BCUT2D eigenvalue weighted by Crippen LogP contribution is 2.29. The molecule has 1 aromatic rings. The van der Waals surface area contributed by atoms with Gasteiger partial charge >= 0.3 is 5.97 Å². The Morgan fingerprint density at radius 3 is 2.80 bits per heavy atom. The summed E-state index contributed by atoms with van der Waals surface area (Å²) in [4.78, 5) is 23.0. The highest BCUT2D eigenvalue weighted by Gasteiger charge is 2.24. The van der Waals surface area contributed by atoms with Crippen molar-refractivity contribution >= 4 is 29.2 Å². The van der Waals surface area contributed by atoms with E-state index in [0.29, 0.717) is 6.42 Å². The van der Waals surface area contributed by atoms with Crippen LogP contribution in [0, 0.1) is 12.7 Å². The molecule has 3 N–H and O–H groups in total. The summed E-state index contributed by atoms with van der Waals surface area (Å²) in [5.41, 5.74) is -0.399. The lowest BCUT2D eigenvalue weighted by molar-refractivity contribution is -0.117. The minimum Gasteiger partial charge on any atom is -0.478 e. The topological polar surface area (TPSA) is 78.4 Å². The molecular formula is C13H14ClFN2O3. The number of benzene rings is 1. The maximum absolute atomic E-state index is 14.0. The summed E-state index contributed by atoms with van der Waals surface area (Å²) in [7, 11) is 0. The summed E-state index contributed by atoms with van der Waals surface area (Å²) >= 11 is 5.78. The maximum atomic E-state index is 14.0. The van der Waals surface area contributed by atoms with Crippen LogP contribution in [0.5, 0.6) is 0 Å². The Hall–Kier alpha value is -1.66. The summed E-state index contributed by atoms with van der Waals surface area (Å²) in [5, 5.41) is 14.3. The number of carboxylic acids is 1. The zero-order chi connectivity index (χ0) is 14.9. The average molecular weight is 301 g/mol. The predicted octanol–water partition coefficient (Wildman–Crippen LogP) is 2.18. The Balaban J connectivity index is 2.31. The molecule has 1 fully saturated rings. The van der Waals surface area contributed by atoms with Crippen molar-refractivity contribution in [1.82, 2.24) is 5.32 Å². The van der Waals surface area contributed by atoms with Gasteiger partial charge in [-0.05, 0) is 32.4 Å². The molecular weight excluding hydrogens is 287 g/mol. The number of halogens is 2. The zero-order valence-electron chi connectivity index (χ0n) is 10.8. The zero-order valence-corrected chi connectivity index (χ0v) is 11.6. The lowest BCUT2D eigenvalue weighted by atomic mass is 10.1. The Morgan fingerprint density at radius 1 is 1.55 bits per heavy atom. The van der Waals surface area contributed by atoms with E-state index in [4.69, 9.17) is 16.7 Å². The van der Waals surface area contributed by atoms with Gasteiger partial charge in [-0.2, -0.15) is 0 Å². The minimum absolute atomic E-state index is 0.00116. The molecule has 0 bridgehead atoms. The molecule has 0 spiro atoms. The molecule has 20 heavy (non-hydrogen) atoms. The van der Waals surface area contributed by atoms with E-state index in [1.54, 1.807) is 0 Å². The van der Waals surface area contributed by atoms with Crippen LogP contribution in [0.3, 0.4) is 0 Å². The first-order chi connectivity index (χ1) is 9.41. The molecule has 0 saturated carbocycles. The first-order valence-corrected chi connectivity index (χ1v) is 6.55. The van der Waals surface area contributed by atoms with E-state index in [1.165, 1.54) is 6.92 Å². The van der Waals surface area contributed by atoms with E-state index in [1.807, 2.05) is 0 Å². The smallest absolute Gasteiger partial charge is 0.337 e. The third kappa shape index (κ3) is 2.76. The van der Waals surface area contributed by atoms with Gasteiger partial charge in [0.05, 0.1) is 22.3 Å². The summed E-state index contributed by atoms with van der Waals surface area (Å²) in [6, 6.07) is 0.665. The number of carboxylic acid groups (broad SMARTS) is 1. The van der Waals surface area contributed by atoms with Crippen LogP contribution in [-0.4, -0.2) is 29.6 Å². The monoisotopic (exact) mass is 300 g/mol. The Kier molecular flexibility index (Phi) is 4.25. The molecule has 1 aromatic carbocycles. The van der Waals surface area contributed by atoms with Crippen LogP contribution in [0.15, 0.2) is 6.07 Å². The number of anilines is 1. The molecule has 108 valence electrons. The van der Waals surface area contributed by atoms with Gasteiger partial charge in [-0.25, -0.2) is 9.18 Å². The standard InChI is InChI=1S/C13H14ClFN2O3/c1-6-10(14)7(13(19)20)5-9(11(6)15)17-12(18)8-3-2-4-16-8/h5,8,16H,2-4H2,1H3,(H,17,18)(H,19,20). The minimum atomic E-state index is -1.27. The maximum Gasteiger partial charge on any atom is 0.337 e. The third-order valence-corrected chi connectivity index (χ3v) is 3.77. The quantitative estimate of drug-likeness (QED) is 0.799. The molecule has 1 heterocycles. The predicted molar refractivity (Wildman–Crippen MR) is 72.8 cm³/mol. The fourth-order valence-corrected chi connectivity index (χ4v) is 2.36. The van der Waals surface area contributed by atoms with Crippen LogP contribution in [0.4, 0.5) is 10.1 Å². The van der Waals surface area contributed by atoms with Crippen molar-refractivity contribution in [3.63, 3.8) is 0 Å². The second-order valence-corrected chi connectivity index (χ2v) is 5.05. The summed E-state index contributed by atoms with van der Waals surface area (Å²) in [6.45, 7) is 2.11. The van der Waals surface area contributed by atoms with Crippen molar-refractivity contribution in [2.45, 2.75) is 25.8 Å². The van der Waals surface area contributed by atoms with Gasteiger partial charge in [0.2, 0.25) is 5.91 Å². The van der Waals surface area contributed by atoms with Gasteiger partial charge in [0.25, 0.3) is 0 Å². The molecule has 1 aliphatic heterocycles. The van der Waals surface area contributed by atoms with Crippen LogP contribution in [0.1, 0.15) is 28.8 Å². The molecule has 2 rings (SSSR count). The van der Waals surface area contributed by atoms with Gasteiger partial charge in [-0.15, -0.1) is 0 Å². The second-order valence-electron chi connectivity index (χ2n) is 4.67. The van der Waals surface area contributed by atoms with Crippen molar-refractivity contribution < 1.29 is 19.1 Å². The number of carbonyl (C=O) groups is 2. The Bertz CT molecular complexity index is 571. The van der Waals surface area contributed by atoms with E-state index >= 15 is 0 Å². The molecule has 1 aliphatic rings. The third-order valence-electron chi connectivity index (χ3n) is 3.29. The highest BCUT2D eigenvalue weighted by atomic mass is 35.5. The van der Waals surface area contributed by atoms with Crippen molar-refractivity contribution in [3.8, 4) is 0 Å². The largest absolute Gasteiger partial charge is 0.478 e. The van der Waals surface area contributed by atoms with Gasteiger partial charge in [0.1, 0.15) is 0 Å². The Labute approximate surface area is 120 Å². The lowest BCUT2D eigenvalue weighted by Gasteiger charge is -2.14. The van der Waals surface area contributed by atoms with Crippen molar-refractivity contribution in [1.29, 1.82) is 0 Å². The Morgan fingerprint density at radius 2 is 2.25 bits per heavy atom. The van der Waals surface area contributed by atoms with Crippen molar-refractivity contribution in [2.75, 3.05) is 11.9 Å². The van der Waals surface area contributed by atoms with Gasteiger partial charge in [0, 0.05) is 5.56 Å². The van der Waals surface area contributed by atoms with Crippen LogP contribution in [-0.2, 0) is 4.79 Å². The fraction of sp³-hybridized carbons (Fsp3) is 0.385. The van der Waals surface area contributed by atoms with Crippen LogP contribution in [0.2, 0.25) is 5.02 Å². The number of hydrogen-bond donors (Lipinski definition) is 3.